The van der Waals surface area contributed by atoms with Gasteiger partial charge < -0.3 is 19.5 Å². The van der Waals surface area contributed by atoms with Gasteiger partial charge in [-0.3, -0.25) is 0 Å². The van der Waals surface area contributed by atoms with Gasteiger partial charge in [-0.15, -0.1) is 0 Å². The van der Waals surface area contributed by atoms with Crippen molar-refractivity contribution >= 4 is 5.69 Å². The second-order valence-corrected chi connectivity index (χ2v) is 4.86. The van der Waals surface area contributed by atoms with Gasteiger partial charge in [-0.1, -0.05) is 24.3 Å². The first kappa shape index (κ1) is 16.2. The summed E-state index contributed by atoms with van der Waals surface area (Å²) in [5.41, 5.74) is 3.36. The third-order valence-electron chi connectivity index (χ3n) is 3.33. The average Bonchev–Trinajstić information content (AvgIpc) is 2.55. The van der Waals surface area contributed by atoms with Crippen LogP contribution in [0.25, 0.3) is 0 Å². The van der Waals surface area contributed by atoms with Crippen molar-refractivity contribution in [1.82, 2.24) is 0 Å². The molecule has 0 atom stereocenters. The van der Waals surface area contributed by atoms with Crippen LogP contribution in [0.1, 0.15) is 18.1 Å². The maximum Gasteiger partial charge on any atom is 0.161 e. The molecule has 0 bridgehead atoms. The van der Waals surface area contributed by atoms with Gasteiger partial charge in [-0.05, 0) is 30.7 Å². The number of hydrogen-bond donors (Lipinski definition) is 1. The van der Waals surface area contributed by atoms with E-state index in [0.29, 0.717) is 19.8 Å². The molecular formula is C18H23NO3. The van der Waals surface area contributed by atoms with Gasteiger partial charge in [-0.2, -0.15) is 0 Å². The van der Waals surface area contributed by atoms with Crippen LogP contribution in [0.2, 0.25) is 0 Å². The summed E-state index contributed by atoms with van der Waals surface area (Å²) in [5, 5.41) is 3.44. The molecule has 118 valence electrons. The molecule has 4 nitrogen and oxygen atoms in total. The van der Waals surface area contributed by atoms with Gasteiger partial charge in [-0.25, -0.2) is 0 Å². The summed E-state index contributed by atoms with van der Waals surface area (Å²) in [6, 6.07) is 14.1. The van der Waals surface area contributed by atoms with Gasteiger partial charge >= 0.3 is 0 Å². The van der Waals surface area contributed by atoms with E-state index in [2.05, 4.69) is 17.4 Å². The lowest BCUT2D eigenvalue weighted by Crippen LogP contribution is -2.04. The van der Waals surface area contributed by atoms with E-state index >= 15 is 0 Å². The molecule has 0 aliphatic carbocycles. The molecule has 1 N–H and O–H groups in total. The second kappa shape index (κ2) is 8.29. The van der Waals surface area contributed by atoms with Crippen LogP contribution in [0.15, 0.2) is 42.5 Å². The summed E-state index contributed by atoms with van der Waals surface area (Å²) in [5.74, 6) is 1.53. The van der Waals surface area contributed by atoms with Crippen LogP contribution in [-0.2, 0) is 17.9 Å². The molecule has 0 saturated carbocycles. The largest absolute Gasteiger partial charge is 0.493 e. The number of ether oxygens (including phenoxy) is 3. The van der Waals surface area contributed by atoms with Crippen LogP contribution in [0, 0.1) is 0 Å². The Morgan fingerprint density at radius 3 is 2.55 bits per heavy atom. The quantitative estimate of drug-likeness (QED) is 0.804. The molecule has 2 aromatic rings. The number of benzene rings is 2. The van der Waals surface area contributed by atoms with Crippen LogP contribution in [-0.4, -0.2) is 20.8 Å². The molecule has 2 aromatic carbocycles. The molecule has 0 heterocycles. The third kappa shape index (κ3) is 4.15. The highest BCUT2D eigenvalue weighted by Gasteiger charge is 2.06. The molecule has 0 aromatic heterocycles. The Labute approximate surface area is 132 Å². The van der Waals surface area contributed by atoms with Crippen molar-refractivity contribution in [2.45, 2.75) is 20.1 Å². The van der Waals surface area contributed by atoms with Crippen molar-refractivity contribution in [3.8, 4) is 11.5 Å². The van der Waals surface area contributed by atoms with E-state index in [1.165, 1.54) is 0 Å². The van der Waals surface area contributed by atoms with Gasteiger partial charge in [0.25, 0.3) is 0 Å². The van der Waals surface area contributed by atoms with E-state index in [-0.39, 0.29) is 0 Å². The zero-order valence-electron chi connectivity index (χ0n) is 13.4. The van der Waals surface area contributed by atoms with E-state index in [1.807, 2.05) is 37.3 Å². The number of nitrogens with one attached hydrogen (secondary N) is 1. The minimum absolute atomic E-state index is 0.593. The summed E-state index contributed by atoms with van der Waals surface area (Å²) < 4.78 is 16.1. The summed E-state index contributed by atoms with van der Waals surface area (Å²) in [4.78, 5) is 0. The standard InChI is InChI=1S/C18H23NO3/c1-4-22-18-11-14(9-10-17(18)21-3)12-19-16-8-6-5-7-15(16)13-20-2/h5-11,19H,4,12-13H2,1-3H3. The highest BCUT2D eigenvalue weighted by Crippen LogP contribution is 2.28. The van der Waals surface area contributed by atoms with E-state index in [4.69, 9.17) is 14.2 Å². The summed E-state index contributed by atoms with van der Waals surface area (Å²) in [6.07, 6.45) is 0. The van der Waals surface area contributed by atoms with Gasteiger partial charge in [0, 0.05) is 24.9 Å². The molecule has 0 aliphatic heterocycles. The molecule has 0 fully saturated rings. The lowest BCUT2D eigenvalue weighted by Gasteiger charge is -2.14. The van der Waals surface area contributed by atoms with Crippen LogP contribution < -0.4 is 14.8 Å². The van der Waals surface area contributed by atoms with E-state index in [1.54, 1.807) is 14.2 Å². The topological polar surface area (TPSA) is 39.7 Å². The Morgan fingerprint density at radius 1 is 1.00 bits per heavy atom. The first-order chi connectivity index (χ1) is 10.8. The normalized spacial score (nSPS) is 10.3. The molecule has 4 heteroatoms. The Morgan fingerprint density at radius 2 is 1.82 bits per heavy atom. The van der Waals surface area contributed by atoms with Gasteiger partial charge in [0.2, 0.25) is 0 Å². The summed E-state index contributed by atoms with van der Waals surface area (Å²) in [7, 11) is 3.35. The van der Waals surface area contributed by atoms with Gasteiger partial charge in [0.15, 0.2) is 11.5 Å². The predicted octanol–water partition coefficient (Wildman–Crippen LogP) is 3.85. The van der Waals surface area contributed by atoms with Gasteiger partial charge in [0.1, 0.15) is 0 Å². The number of anilines is 1. The first-order valence-corrected chi connectivity index (χ1v) is 7.39. The Bertz CT molecular complexity index is 599. The molecule has 22 heavy (non-hydrogen) atoms. The zero-order valence-corrected chi connectivity index (χ0v) is 13.4. The van der Waals surface area contributed by atoms with E-state index < -0.39 is 0 Å². The van der Waals surface area contributed by atoms with Crippen LogP contribution in [0.3, 0.4) is 0 Å². The fourth-order valence-electron chi connectivity index (χ4n) is 2.27. The Kier molecular flexibility index (Phi) is 6.10. The average molecular weight is 301 g/mol. The van der Waals surface area contributed by atoms with Crippen molar-refractivity contribution < 1.29 is 14.2 Å². The Hall–Kier alpha value is -2.20. The molecule has 0 radical (unpaired) electrons. The van der Waals surface area contributed by atoms with Crippen molar-refractivity contribution in [3.63, 3.8) is 0 Å². The van der Waals surface area contributed by atoms with Crippen molar-refractivity contribution in [1.29, 1.82) is 0 Å². The fraction of sp³-hybridized carbons (Fsp3) is 0.333. The van der Waals surface area contributed by atoms with E-state index in [9.17, 15) is 0 Å². The maximum atomic E-state index is 5.61. The smallest absolute Gasteiger partial charge is 0.161 e. The minimum atomic E-state index is 0.593. The Balaban J connectivity index is 2.10. The van der Waals surface area contributed by atoms with Crippen molar-refractivity contribution in [2.75, 3.05) is 26.1 Å². The van der Waals surface area contributed by atoms with Crippen molar-refractivity contribution in [3.05, 3.63) is 53.6 Å². The first-order valence-electron chi connectivity index (χ1n) is 7.39. The monoisotopic (exact) mass is 301 g/mol. The molecule has 0 aliphatic rings. The number of para-hydroxylation sites is 1. The molecule has 2 rings (SSSR count). The zero-order chi connectivity index (χ0) is 15.8. The predicted molar refractivity (Wildman–Crippen MR) is 88.6 cm³/mol. The lowest BCUT2D eigenvalue weighted by atomic mass is 10.1. The minimum Gasteiger partial charge on any atom is -0.493 e. The molecule has 0 unspecified atom stereocenters. The van der Waals surface area contributed by atoms with Crippen LogP contribution in [0.4, 0.5) is 5.69 Å². The van der Waals surface area contributed by atoms with Crippen LogP contribution in [0.5, 0.6) is 11.5 Å². The number of methoxy groups -OCH3 is 2. The second-order valence-electron chi connectivity index (χ2n) is 4.86. The van der Waals surface area contributed by atoms with Gasteiger partial charge in [0.05, 0.1) is 20.3 Å². The highest BCUT2D eigenvalue weighted by molar-refractivity contribution is 5.52. The molecule has 0 spiro atoms. The summed E-state index contributed by atoms with van der Waals surface area (Å²) >= 11 is 0. The van der Waals surface area contributed by atoms with Crippen molar-refractivity contribution in [2.24, 2.45) is 0 Å². The SMILES string of the molecule is CCOc1cc(CNc2ccccc2COC)ccc1OC. The maximum absolute atomic E-state index is 5.61. The van der Waals surface area contributed by atoms with Crippen LogP contribution >= 0.6 is 0 Å². The highest BCUT2D eigenvalue weighted by atomic mass is 16.5. The molecule has 0 amide bonds. The van der Waals surface area contributed by atoms with E-state index in [0.717, 1.165) is 28.3 Å². The number of hydrogen-bond acceptors (Lipinski definition) is 4. The number of rotatable bonds is 8. The third-order valence-corrected chi connectivity index (χ3v) is 3.33. The summed E-state index contributed by atoms with van der Waals surface area (Å²) in [6.45, 7) is 3.88. The fourth-order valence-corrected chi connectivity index (χ4v) is 2.27. The molecular weight excluding hydrogens is 278 g/mol. The molecule has 0 saturated heterocycles. The lowest BCUT2D eigenvalue weighted by molar-refractivity contribution is 0.185.